The smallest absolute Gasteiger partial charge is 0.246 e. The predicted molar refractivity (Wildman–Crippen MR) is 418 cm³/mol. The summed E-state index contributed by atoms with van der Waals surface area (Å²) < 4.78 is 46.5. The van der Waals surface area contributed by atoms with Gasteiger partial charge in [-0.15, -0.1) is 0 Å². The van der Waals surface area contributed by atoms with Gasteiger partial charge in [0.25, 0.3) is 0 Å². The summed E-state index contributed by atoms with van der Waals surface area (Å²) in [6.07, 6.45) is 15.7. The van der Waals surface area contributed by atoms with Gasteiger partial charge >= 0.3 is 0 Å². The number of carbonyl (C=O) groups is 6. The first-order chi connectivity index (χ1) is 53.9. The minimum absolute atomic E-state index is 0.0172. The Bertz CT molecular complexity index is 5500. The third-order valence-electron chi connectivity index (χ3n) is 20.3. The van der Waals surface area contributed by atoms with Gasteiger partial charge in [0.05, 0.1) is 45.4 Å². The Morgan fingerprint density at radius 2 is 0.748 bits per heavy atom. The molecule has 3 aliphatic heterocycles. The number of likely N-dealkylation sites (tertiary alicyclic amines) is 3. The summed E-state index contributed by atoms with van der Waals surface area (Å²) in [7, 11) is 0. The second-order valence-corrected chi connectivity index (χ2v) is 27.4. The zero-order valence-corrected chi connectivity index (χ0v) is 60.9. The van der Waals surface area contributed by atoms with E-state index in [-0.39, 0.29) is 71.4 Å². The van der Waals surface area contributed by atoms with Crippen molar-refractivity contribution in [3.8, 4) is 33.8 Å². The Labute approximate surface area is 637 Å². The van der Waals surface area contributed by atoms with E-state index in [4.69, 9.17) is 32.5 Å². The normalized spacial score (nSPS) is 15.6. The fourth-order valence-electron chi connectivity index (χ4n) is 14.5. The van der Waals surface area contributed by atoms with E-state index in [1.165, 1.54) is 55.4 Å². The van der Waals surface area contributed by atoms with Crippen LogP contribution in [0.3, 0.4) is 0 Å². The number of nitrogens with two attached hydrogens (primary N) is 3. The number of aromatic nitrogens is 12. The highest BCUT2D eigenvalue weighted by molar-refractivity contribution is 6.02. The molecule has 0 spiro atoms. The first-order valence-corrected chi connectivity index (χ1v) is 36.7. The van der Waals surface area contributed by atoms with Crippen molar-refractivity contribution in [2.24, 2.45) is 0 Å². The molecule has 24 nitrogen and oxygen atoms in total. The monoisotopic (exact) mass is 1490 g/mol. The number of amides is 3. The standard InChI is InChI=1S/C28H26F2N6O2.C28H27FN6O2.C28H28N6O2/c1-2-24(38)35-13-3-4-20(15-35)36-28-25(27(31)32-16-33-28)26(34-36)18-8-5-17(6-9-18)7-12-23(37)21-11-10-19(29)14-22(21)30;1-2-24(37)34-15-5-6-20(16-34)35-28-25(27(30)31-17-32-28)26(33-35)19-12-9-18(10-13-19)11-14-23(36)21-7-3-4-8-22(21)29;1-2-24(36)33-16-6-9-22(17-33)34-28-25(27(29)30-18-31-28)26(32-34)21-13-10-19(11-14-21)12-15-23(35)20-7-4-3-5-8-20/h2,5-6,8-11,14,16,20H,1,3-4,7,12-13,15H2,(H2,31,32,33);2-4,7-10,12-13,17,20H,1,5-6,11,14-16H2,(H2,30,31,32);2-5,7-8,10-11,13-14,18,22H,1,6,9,12,15-17H2,(H2,29,30,31)/t2*20-;22-/m111/s1. The number of Topliss-reactive ketones (excluding diaryl/α,β-unsaturated/α-hetero) is 3. The Balaban J connectivity index is 0.000000146. The molecule has 111 heavy (non-hydrogen) atoms. The van der Waals surface area contributed by atoms with Crippen molar-refractivity contribution < 1.29 is 41.9 Å². The van der Waals surface area contributed by atoms with E-state index in [1.807, 2.05) is 117 Å². The molecule has 0 saturated carbocycles. The molecule has 0 radical (unpaired) electrons. The molecule has 3 amide bonds. The molecule has 3 saturated heterocycles. The van der Waals surface area contributed by atoms with Gasteiger partial charge in [0.2, 0.25) is 17.7 Å². The zero-order valence-electron chi connectivity index (χ0n) is 60.9. The number of fused-ring (bicyclic) bond motifs is 3. The molecule has 6 aromatic carbocycles. The average molecular weight is 1500 g/mol. The third kappa shape index (κ3) is 17.1. The maximum absolute atomic E-state index is 13.9. The molecule has 27 heteroatoms. The molecule has 0 unspecified atom stereocenters. The van der Waals surface area contributed by atoms with Gasteiger partial charge in [0.15, 0.2) is 34.3 Å². The minimum Gasteiger partial charge on any atom is -0.383 e. The molecule has 564 valence electrons. The zero-order chi connectivity index (χ0) is 77.8. The minimum atomic E-state index is -0.859. The highest BCUT2D eigenvalue weighted by Gasteiger charge is 2.32. The lowest BCUT2D eigenvalue weighted by Crippen LogP contribution is -2.40. The van der Waals surface area contributed by atoms with Crippen molar-refractivity contribution in [2.75, 3.05) is 56.5 Å². The maximum atomic E-state index is 13.9. The molecule has 3 atom stereocenters. The number of anilines is 3. The van der Waals surface area contributed by atoms with Crippen LogP contribution in [0.15, 0.2) is 203 Å². The molecule has 12 aromatic rings. The SMILES string of the molecule is C=CC(=O)N1CCC[C@@H](n2nc(-c3ccc(CCC(=O)c4ccc(F)cc4F)cc3)c3c(N)ncnc32)C1.C=CC(=O)N1CCC[C@@H](n2nc(-c3ccc(CCC(=O)c4ccccc4)cc3)c3c(N)ncnc32)C1.C=CC(=O)N1CCC[C@@H](n2nc(-c3ccc(CCC(=O)c4ccccc4F)cc3)c3c(N)ncnc32)C1. The van der Waals surface area contributed by atoms with Crippen molar-refractivity contribution >= 4 is 85.6 Å². The summed E-state index contributed by atoms with van der Waals surface area (Å²) in [6, 6.07) is 41.4. The second-order valence-electron chi connectivity index (χ2n) is 27.4. The van der Waals surface area contributed by atoms with Crippen LogP contribution in [-0.2, 0) is 33.6 Å². The molecule has 3 fully saturated rings. The molecule has 0 aliphatic carbocycles. The summed E-state index contributed by atoms with van der Waals surface area (Å²) in [5.74, 6) is -1.85. The summed E-state index contributed by atoms with van der Waals surface area (Å²) in [6.45, 7) is 14.4. The van der Waals surface area contributed by atoms with Crippen LogP contribution in [0.4, 0.5) is 30.6 Å². The number of aryl methyl sites for hydroxylation is 3. The maximum Gasteiger partial charge on any atom is 0.246 e. The Morgan fingerprint density at radius 3 is 1.10 bits per heavy atom. The summed E-state index contributed by atoms with van der Waals surface area (Å²) >= 11 is 0. The van der Waals surface area contributed by atoms with Gasteiger partial charge in [-0.1, -0.05) is 135 Å². The van der Waals surface area contributed by atoms with Gasteiger partial charge < -0.3 is 31.9 Å². The van der Waals surface area contributed by atoms with Crippen LogP contribution < -0.4 is 17.2 Å². The number of halogens is 3. The Hall–Kier alpha value is -13.2. The highest BCUT2D eigenvalue weighted by atomic mass is 19.1. The number of benzene rings is 6. The lowest BCUT2D eigenvalue weighted by molar-refractivity contribution is -0.128. The van der Waals surface area contributed by atoms with Crippen molar-refractivity contribution in [3.63, 3.8) is 0 Å². The number of ketones is 3. The number of carbonyl (C=O) groups excluding carboxylic acids is 6. The van der Waals surface area contributed by atoms with Crippen LogP contribution >= 0.6 is 0 Å². The Kier molecular flexibility index (Phi) is 23.5. The van der Waals surface area contributed by atoms with E-state index >= 15 is 0 Å². The number of hydrogen-bond acceptors (Lipinski definition) is 18. The first-order valence-electron chi connectivity index (χ1n) is 36.7. The van der Waals surface area contributed by atoms with E-state index in [9.17, 15) is 41.9 Å². The van der Waals surface area contributed by atoms with Gasteiger partial charge in [-0.2, -0.15) is 15.3 Å². The summed E-state index contributed by atoms with van der Waals surface area (Å²) in [5.41, 5.74) is 28.8. The highest BCUT2D eigenvalue weighted by Crippen LogP contribution is 2.38. The lowest BCUT2D eigenvalue weighted by atomic mass is 10.0. The molecular formula is C84H81F3N18O6. The van der Waals surface area contributed by atoms with E-state index in [2.05, 4.69) is 49.6 Å². The fraction of sp³-hybridized carbons (Fsp3) is 0.250. The van der Waals surface area contributed by atoms with Crippen LogP contribution in [0.1, 0.15) is 124 Å². The molecular weight excluding hydrogens is 1410 g/mol. The van der Waals surface area contributed by atoms with E-state index < -0.39 is 23.2 Å². The van der Waals surface area contributed by atoms with Crippen LogP contribution in [-0.4, -0.2) is 148 Å². The van der Waals surface area contributed by atoms with Gasteiger partial charge in [-0.25, -0.2) is 57.1 Å². The van der Waals surface area contributed by atoms with Crippen molar-refractivity contribution in [3.05, 3.63) is 253 Å². The van der Waals surface area contributed by atoms with Gasteiger partial charge in [0, 0.05) is 86.9 Å². The second kappa shape index (κ2) is 34.4. The van der Waals surface area contributed by atoms with Crippen LogP contribution in [0, 0.1) is 17.5 Å². The summed E-state index contributed by atoms with van der Waals surface area (Å²) in [5, 5.41) is 16.7. The van der Waals surface area contributed by atoms with Gasteiger partial charge in [-0.3, -0.25) is 28.8 Å². The largest absolute Gasteiger partial charge is 0.383 e. The third-order valence-corrected chi connectivity index (χ3v) is 20.3. The van der Waals surface area contributed by atoms with Crippen LogP contribution in [0.5, 0.6) is 0 Å². The fourth-order valence-corrected chi connectivity index (χ4v) is 14.5. The number of nitrogen functional groups attached to an aromatic ring is 3. The lowest BCUT2D eigenvalue weighted by Gasteiger charge is -2.32. The molecule has 15 rings (SSSR count). The van der Waals surface area contributed by atoms with Crippen molar-refractivity contribution in [1.82, 2.24) is 73.9 Å². The molecule has 6 N–H and O–H groups in total. The molecule has 6 aromatic heterocycles. The molecule has 0 bridgehead atoms. The Morgan fingerprint density at radius 1 is 0.405 bits per heavy atom. The summed E-state index contributed by atoms with van der Waals surface area (Å²) in [4.78, 5) is 105. The van der Waals surface area contributed by atoms with Crippen LogP contribution in [0.2, 0.25) is 0 Å². The molecule has 9 heterocycles. The number of piperidine rings is 3. The van der Waals surface area contributed by atoms with E-state index in [1.54, 1.807) is 26.8 Å². The number of nitrogens with zero attached hydrogens (tertiary/aromatic N) is 15. The average Bonchev–Trinajstić information content (AvgIpc) is 1.62. The van der Waals surface area contributed by atoms with Crippen molar-refractivity contribution in [2.45, 2.75) is 95.2 Å². The van der Waals surface area contributed by atoms with Gasteiger partial charge in [-0.05, 0) is 117 Å². The van der Waals surface area contributed by atoms with E-state index in [0.717, 1.165) is 83.5 Å². The van der Waals surface area contributed by atoms with Crippen LogP contribution in [0.25, 0.3) is 66.9 Å². The number of rotatable bonds is 21. The van der Waals surface area contributed by atoms with E-state index in [0.29, 0.717) is 139 Å². The molecule has 3 aliphatic rings. The first kappa shape index (κ1) is 76.0. The predicted octanol–water partition coefficient (Wildman–Crippen LogP) is 13.1. The van der Waals surface area contributed by atoms with Crippen molar-refractivity contribution in [1.29, 1.82) is 0 Å². The quantitative estimate of drug-likeness (QED) is 0.0444. The topological polar surface area (TPSA) is 321 Å². The van der Waals surface area contributed by atoms with Gasteiger partial charge in [0.1, 0.15) is 71.0 Å². The number of hydrogen-bond donors (Lipinski definition) is 3.